The number of aliphatic hydroxyl groups is 1. The highest BCUT2D eigenvalue weighted by Gasteiger charge is 2.48. The van der Waals surface area contributed by atoms with E-state index in [2.05, 4.69) is 0 Å². The van der Waals surface area contributed by atoms with E-state index in [9.17, 15) is 23.1 Å². The summed E-state index contributed by atoms with van der Waals surface area (Å²) in [6.45, 7) is 5.98. The molecule has 0 radical (unpaired) electrons. The van der Waals surface area contributed by atoms with Crippen LogP contribution in [0.1, 0.15) is 63.8 Å². The van der Waals surface area contributed by atoms with Crippen molar-refractivity contribution in [3.63, 3.8) is 0 Å². The first-order valence-electron chi connectivity index (χ1n) is 12.1. The molecular weight excluding hydrogens is 537 g/mol. The lowest BCUT2D eigenvalue weighted by atomic mass is 9.89. The minimum Gasteiger partial charge on any atom is -0.389 e. The molecule has 37 heavy (non-hydrogen) atoms. The number of halogens is 2. The largest absolute Gasteiger partial charge is 0.389 e. The van der Waals surface area contributed by atoms with Gasteiger partial charge in [0.15, 0.2) is 15.6 Å². The molecule has 1 aliphatic heterocycles. The van der Waals surface area contributed by atoms with Crippen LogP contribution in [0.2, 0.25) is 10.0 Å². The van der Waals surface area contributed by atoms with Crippen molar-refractivity contribution in [2.24, 2.45) is 0 Å². The number of Topliss-reactive ketones (excluding diaryl/α,β-unsaturated/α-hetero) is 1. The third-order valence-electron chi connectivity index (χ3n) is 6.61. The number of sulfone groups is 1. The average molecular weight is 571 g/mol. The van der Waals surface area contributed by atoms with Gasteiger partial charge in [-0.3, -0.25) is 9.59 Å². The Kier molecular flexibility index (Phi) is 9.46. The molecule has 0 spiro atoms. The van der Waals surface area contributed by atoms with E-state index in [4.69, 9.17) is 27.9 Å². The summed E-state index contributed by atoms with van der Waals surface area (Å²) < 4.78 is 31.8. The third kappa shape index (κ3) is 6.73. The van der Waals surface area contributed by atoms with Gasteiger partial charge in [-0.15, -0.1) is 0 Å². The maximum Gasteiger partial charge on any atom is 0.253 e. The van der Waals surface area contributed by atoms with Gasteiger partial charge in [-0.05, 0) is 62.6 Å². The van der Waals surface area contributed by atoms with Gasteiger partial charge in [-0.1, -0.05) is 54.4 Å². The van der Waals surface area contributed by atoms with Gasteiger partial charge >= 0.3 is 0 Å². The van der Waals surface area contributed by atoms with E-state index in [1.165, 1.54) is 0 Å². The molecule has 1 fully saturated rings. The fourth-order valence-corrected chi connectivity index (χ4v) is 6.14. The van der Waals surface area contributed by atoms with Crippen LogP contribution in [0, 0.1) is 0 Å². The van der Waals surface area contributed by atoms with Gasteiger partial charge in [-0.2, -0.15) is 0 Å². The first-order valence-corrected chi connectivity index (χ1v) is 14.5. The van der Waals surface area contributed by atoms with Crippen molar-refractivity contribution in [2.45, 2.75) is 69.6 Å². The monoisotopic (exact) mass is 569 g/mol. The standard InChI is InChI=1S/C27H33Cl2NO6S/c1-5-21(16-37(34,35)27(2,3)4)30-24(17-9-11-19(28)12-10-17)25(18-7-6-8-20(29)13-18)36-23(26(30)33)14-22(32)15-31/h6-13,21,23-25,31H,5,14-16H2,1-4H3/t21-,23-,24+,25+/m0/s1. The quantitative estimate of drug-likeness (QED) is 0.458. The van der Waals surface area contributed by atoms with Gasteiger partial charge in [0.25, 0.3) is 5.91 Å². The van der Waals surface area contributed by atoms with Crippen molar-refractivity contribution in [1.82, 2.24) is 4.90 Å². The highest BCUT2D eigenvalue weighted by atomic mass is 35.5. The second-order valence-corrected chi connectivity index (χ2v) is 13.9. The number of hydrogen-bond acceptors (Lipinski definition) is 6. The lowest BCUT2D eigenvalue weighted by Crippen LogP contribution is -2.57. The molecule has 4 atom stereocenters. The number of amides is 1. The number of morpholine rings is 1. The maximum atomic E-state index is 13.9. The van der Waals surface area contributed by atoms with Gasteiger partial charge in [0.1, 0.15) is 18.8 Å². The number of ketones is 1. The number of carbonyl (C=O) groups excluding carboxylic acids is 2. The summed E-state index contributed by atoms with van der Waals surface area (Å²) in [6, 6.07) is 12.5. The molecule has 1 aliphatic rings. The van der Waals surface area contributed by atoms with Crippen LogP contribution in [0.15, 0.2) is 48.5 Å². The predicted molar refractivity (Wildman–Crippen MR) is 144 cm³/mol. The zero-order valence-corrected chi connectivity index (χ0v) is 23.7. The van der Waals surface area contributed by atoms with Crippen molar-refractivity contribution in [3.05, 3.63) is 69.7 Å². The zero-order chi connectivity index (χ0) is 27.5. The van der Waals surface area contributed by atoms with Gasteiger partial charge in [0.05, 0.1) is 16.5 Å². The molecule has 0 bridgehead atoms. The van der Waals surface area contributed by atoms with E-state index in [0.717, 1.165) is 0 Å². The first kappa shape index (κ1) is 29.6. The summed E-state index contributed by atoms with van der Waals surface area (Å²) in [7, 11) is -3.61. The molecule has 0 aromatic heterocycles. The Morgan fingerprint density at radius 3 is 2.27 bits per heavy atom. The van der Waals surface area contributed by atoms with Crippen LogP contribution >= 0.6 is 23.2 Å². The van der Waals surface area contributed by atoms with Crippen molar-refractivity contribution >= 4 is 44.7 Å². The molecule has 2 aromatic carbocycles. The number of rotatable bonds is 9. The number of carbonyl (C=O) groups is 2. The smallest absolute Gasteiger partial charge is 0.253 e. The molecule has 10 heteroatoms. The Balaban J connectivity index is 2.21. The van der Waals surface area contributed by atoms with Crippen LogP contribution in [-0.2, 0) is 24.2 Å². The Morgan fingerprint density at radius 2 is 1.73 bits per heavy atom. The lowest BCUT2D eigenvalue weighted by Gasteiger charge is -2.48. The summed E-state index contributed by atoms with van der Waals surface area (Å²) in [5.41, 5.74) is 1.36. The summed E-state index contributed by atoms with van der Waals surface area (Å²) in [6.07, 6.45) is -1.94. The number of benzene rings is 2. The molecule has 202 valence electrons. The molecule has 3 rings (SSSR count). The van der Waals surface area contributed by atoms with Crippen LogP contribution in [0.25, 0.3) is 0 Å². The summed E-state index contributed by atoms with van der Waals surface area (Å²) in [4.78, 5) is 27.7. The van der Waals surface area contributed by atoms with Crippen molar-refractivity contribution in [3.8, 4) is 0 Å². The minimum atomic E-state index is -3.61. The molecule has 7 nitrogen and oxygen atoms in total. The molecule has 1 amide bonds. The predicted octanol–water partition coefficient (Wildman–Crippen LogP) is 4.95. The molecule has 1 heterocycles. The topological polar surface area (TPSA) is 101 Å². The summed E-state index contributed by atoms with van der Waals surface area (Å²) in [5.74, 6) is -1.31. The van der Waals surface area contributed by atoms with Crippen LogP contribution in [-0.4, -0.2) is 59.4 Å². The number of ether oxygens (including phenoxy) is 1. The van der Waals surface area contributed by atoms with Gasteiger partial charge in [0, 0.05) is 22.5 Å². The van der Waals surface area contributed by atoms with E-state index in [-0.39, 0.29) is 12.2 Å². The maximum absolute atomic E-state index is 13.9. The molecular formula is C27H33Cl2NO6S. The number of aliphatic hydroxyl groups excluding tert-OH is 1. The normalized spacial score (nSPS) is 21.6. The Morgan fingerprint density at radius 1 is 1.08 bits per heavy atom. The molecule has 0 aliphatic carbocycles. The van der Waals surface area contributed by atoms with E-state index in [0.29, 0.717) is 27.6 Å². The van der Waals surface area contributed by atoms with Gasteiger partial charge in [0.2, 0.25) is 0 Å². The Labute approximate surface area is 228 Å². The van der Waals surface area contributed by atoms with E-state index >= 15 is 0 Å². The first-order chi connectivity index (χ1) is 17.3. The summed E-state index contributed by atoms with van der Waals surface area (Å²) >= 11 is 12.4. The SMILES string of the molecule is CC[C@@H](CS(=O)(=O)C(C)(C)C)N1C(=O)[C@H](CC(=O)CO)O[C@H](c2cccc(Cl)c2)[C@H]1c1ccc(Cl)cc1. The van der Waals surface area contributed by atoms with Crippen molar-refractivity contribution < 1.29 is 27.9 Å². The highest BCUT2D eigenvalue weighted by molar-refractivity contribution is 7.92. The molecule has 0 unspecified atom stereocenters. The van der Waals surface area contributed by atoms with Crippen molar-refractivity contribution in [1.29, 1.82) is 0 Å². The second-order valence-electron chi connectivity index (χ2n) is 10.2. The van der Waals surface area contributed by atoms with Crippen molar-refractivity contribution in [2.75, 3.05) is 12.4 Å². The zero-order valence-electron chi connectivity index (χ0n) is 21.4. The fraction of sp³-hybridized carbons (Fsp3) is 0.481. The van der Waals surface area contributed by atoms with Crippen LogP contribution < -0.4 is 0 Å². The highest BCUT2D eigenvalue weighted by Crippen LogP contribution is 2.45. The molecule has 0 saturated carbocycles. The Bertz CT molecular complexity index is 1230. The Hall–Kier alpha value is -1.97. The van der Waals surface area contributed by atoms with Crippen LogP contribution in [0.5, 0.6) is 0 Å². The average Bonchev–Trinajstić information content (AvgIpc) is 2.83. The van der Waals surface area contributed by atoms with E-state index < -0.39 is 57.2 Å². The molecule has 1 saturated heterocycles. The van der Waals surface area contributed by atoms with E-state index in [1.807, 2.05) is 13.0 Å². The van der Waals surface area contributed by atoms with Gasteiger partial charge in [-0.25, -0.2) is 8.42 Å². The van der Waals surface area contributed by atoms with Crippen LogP contribution in [0.3, 0.4) is 0 Å². The molecule has 1 N–H and O–H groups in total. The number of nitrogens with zero attached hydrogens (tertiary/aromatic N) is 1. The third-order valence-corrected chi connectivity index (χ3v) is 9.79. The summed E-state index contributed by atoms with van der Waals surface area (Å²) in [5, 5.41) is 10.3. The second kappa shape index (κ2) is 11.8. The fourth-order valence-electron chi connectivity index (χ4n) is 4.41. The number of hydrogen-bond donors (Lipinski definition) is 1. The molecule has 2 aromatic rings. The van der Waals surface area contributed by atoms with Crippen LogP contribution in [0.4, 0.5) is 0 Å². The minimum absolute atomic E-state index is 0.258. The van der Waals surface area contributed by atoms with E-state index in [1.54, 1.807) is 68.1 Å². The van der Waals surface area contributed by atoms with Gasteiger partial charge < -0.3 is 14.7 Å². The lowest BCUT2D eigenvalue weighted by molar-refractivity contribution is -0.180.